The van der Waals surface area contributed by atoms with Crippen molar-refractivity contribution in [1.29, 1.82) is 0 Å². The highest BCUT2D eigenvalue weighted by molar-refractivity contribution is 6.05. The van der Waals surface area contributed by atoms with E-state index >= 15 is 0 Å². The number of anilines is 2. The van der Waals surface area contributed by atoms with Crippen LogP contribution in [0.4, 0.5) is 11.4 Å². The molecular weight excluding hydrogens is 374 g/mol. The van der Waals surface area contributed by atoms with Crippen molar-refractivity contribution < 1.29 is 9.59 Å². The van der Waals surface area contributed by atoms with Crippen LogP contribution in [0, 0.1) is 18.3 Å². The average molecular weight is 400 g/mol. The number of nitrogens with one attached hydrogen (secondary N) is 3. The van der Waals surface area contributed by atoms with Crippen LogP contribution in [0.15, 0.2) is 48.5 Å². The van der Waals surface area contributed by atoms with E-state index in [0.717, 1.165) is 43.6 Å². The van der Waals surface area contributed by atoms with Crippen LogP contribution in [-0.4, -0.2) is 24.9 Å². The van der Waals surface area contributed by atoms with Gasteiger partial charge in [-0.05, 0) is 74.5 Å². The molecule has 148 valence electrons. The highest BCUT2D eigenvalue weighted by Crippen LogP contribution is 2.58. The molecule has 3 N–H and O–H groups in total. The Hall–Kier alpha value is -2.37. The van der Waals surface area contributed by atoms with Gasteiger partial charge in [-0.3, -0.25) is 9.59 Å². The molecule has 1 aliphatic heterocycles. The van der Waals surface area contributed by atoms with Crippen LogP contribution in [0.3, 0.4) is 0 Å². The summed E-state index contributed by atoms with van der Waals surface area (Å²) < 4.78 is 0. The second-order valence-electron chi connectivity index (χ2n) is 7.66. The van der Waals surface area contributed by atoms with E-state index in [1.807, 2.05) is 43.3 Å². The lowest BCUT2D eigenvalue weighted by Crippen LogP contribution is -2.31. The fourth-order valence-electron chi connectivity index (χ4n) is 4.11. The molecule has 1 spiro atoms. The van der Waals surface area contributed by atoms with E-state index in [9.17, 15) is 9.59 Å². The van der Waals surface area contributed by atoms with Crippen molar-refractivity contribution in [2.24, 2.45) is 11.3 Å². The van der Waals surface area contributed by atoms with Gasteiger partial charge in [0.2, 0.25) is 5.91 Å². The monoisotopic (exact) mass is 399 g/mol. The van der Waals surface area contributed by atoms with Gasteiger partial charge in [0.05, 0.1) is 0 Å². The predicted molar refractivity (Wildman–Crippen MR) is 114 cm³/mol. The molecule has 2 amide bonds. The van der Waals surface area contributed by atoms with E-state index in [1.54, 1.807) is 12.1 Å². The molecule has 0 bridgehead atoms. The van der Waals surface area contributed by atoms with E-state index in [4.69, 9.17) is 0 Å². The number of piperidine rings is 1. The molecule has 6 heteroatoms. The summed E-state index contributed by atoms with van der Waals surface area (Å²) >= 11 is 0. The maximum atomic E-state index is 12.7. The lowest BCUT2D eigenvalue weighted by molar-refractivity contribution is -0.118. The van der Waals surface area contributed by atoms with Crippen LogP contribution < -0.4 is 16.0 Å². The summed E-state index contributed by atoms with van der Waals surface area (Å²) in [5.41, 5.74) is 3.17. The summed E-state index contributed by atoms with van der Waals surface area (Å²) in [5.74, 6) is 0.0612. The topological polar surface area (TPSA) is 70.2 Å². The zero-order valence-electron chi connectivity index (χ0n) is 16.0. The highest BCUT2D eigenvalue weighted by atomic mass is 35.5. The van der Waals surface area contributed by atoms with Crippen molar-refractivity contribution in [1.82, 2.24) is 5.32 Å². The summed E-state index contributed by atoms with van der Waals surface area (Å²) in [7, 11) is 0. The molecule has 5 nitrogen and oxygen atoms in total. The first kappa shape index (κ1) is 20.4. The van der Waals surface area contributed by atoms with E-state index in [1.165, 1.54) is 0 Å². The number of hydrogen-bond acceptors (Lipinski definition) is 3. The number of hydrogen-bond donors (Lipinski definition) is 3. The Morgan fingerprint density at radius 3 is 2.29 bits per heavy atom. The number of amides is 2. The standard InChI is InChI=1S/C22H25N3O2.ClH/c1-15-18(24-20(26)16-6-3-2-4-7-16)8-5-9-19(15)25-21(27)17-14-22(17)10-12-23-13-11-22;/h2-9,17,23H,10-14H2,1H3,(H,24,26)(H,25,27);1H. The van der Waals surface area contributed by atoms with Crippen molar-refractivity contribution in [3.8, 4) is 0 Å². The molecule has 1 aliphatic carbocycles. The van der Waals surface area contributed by atoms with E-state index < -0.39 is 0 Å². The van der Waals surface area contributed by atoms with Gasteiger partial charge in [-0.1, -0.05) is 24.3 Å². The number of carbonyl (C=O) groups is 2. The first-order valence-corrected chi connectivity index (χ1v) is 9.57. The van der Waals surface area contributed by atoms with E-state index in [0.29, 0.717) is 11.3 Å². The lowest BCUT2D eigenvalue weighted by Gasteiger charge is -2.23. The van der Waals surface area contributed by atoms with Crippen molar-refractivity contribution >= 4 is 35.6 Å². The van der Waals surface area contributed by atoms with Gasteiger partial charge in [0.15, 0.2) is 0 Å². The second kappa shape index (κ2) is 8.33. The summed E-state index contributed by atoms with van der Waals surface area (Å²) in [5, 5.41) is 9.40. The molecule has 0 radical (unpaired) electrons. The fourth-order valence-corrected chi connectivity index (χ4v) is 4.11. The maximum Gasteiger partial charge on any atom is 0.255 e. The normalized spacial score (nSPS) is 19.4. The Bertz CT molecular complexity index is 863. The quantitative estimate of drug-likeness (QED) is 0.727. The summed E-state index contributed by atoms with van der Waals surface area (Å²) in [6.07, 6.45) is 3.15. The second-order valence-corrected chi connectivity index (χ2v) is 7.66. The molecule has 2 fully saturated rings. The van der Waals surface area contributed by atoms with Gasteiger partial charge < -0.3 is 16.0 Å². The number of halogens is 1. The molecule has 4 rings (SSSR count). The third-order valence-corrected chi connectivity index (χ3v) is 5.98. The molecular formula is C22H26ClN3O2. The van der Waals surface area contributed by atoms with Gasteiger partial charge in [-0.15, -0.1) is 12.4 Å². The van der Waals surface area contributed by atoms with Crippen LogP contribution in [0.1, 0.15) is 35.2 Å². The molecule has 28 heavy (non-hydrogen) atoms. The number of rotatable bonds is 4. The van der Waals surface area contributed by atoms with Crippen molar-refractivity contribution in [3.05, 3.63) is 59.7 Å². The summed E-state index contributed by atoms with van der Waals surface area (Å²) in [4.78, 5) is 25.2. The Kier molecular flexibility index (Phi) is 6.06. The smallest absolute Gasteiger partial charge is 0.255 e. The Morgan fingerprint density at radius 2 is 1.61 bits per heavy atom. The molecule has 1 atom stereocenters. The predicted octanol–water partition coefficient (Wildman–Crippen LogP) is 4.00. The van der Waals surface area contributed by atoms with Gasteiger partial charge in [0.1, 0.15) is 0 Å². The molecule has 1 saturated carbocycles. The van der Waals surface area contributed by atoms with Crippen molar-refractivity contribution in [2.45, 2.75) is 26.2 Å². The number of benzene rings is 2. The summed E-state index contributed by atoms with van der Waals surface area (Å²) in [6.45, 7) is 3.93. The first-order valence-electron chi connectivity index (χ1n) is 9.57. The van der Waals surface area contributed by atoms with E-state index in [-0.39, 0.29) is 35.6 Å². The van der Waals surface area contributed by atoms with E-state index in [2.05, 4.69) is 16.0 Å². The third kappa shape index (κ3) is 4.05. The van der Waals surface area contributed by atoms with Gasteiger partial charge in [0, 0.05) is 22.9 Å². The van der Waals surface area contributed by atoms with Crippen LogP contribution in [0.2, 0.25) is 0 Å². The highest BCUT2D eigenvalue weighted by Gasteiger charge is 2.57. The largest absolute Gasteiger partial charge is 0.326 e. The third-order valence-electron chi connectivity index (χ3n) is 5.98. The minimum Gasteiger partial charge on any atom is -0.326 e. The van der Waals surface area contributed by atoms with Crippen molar-refractivity contribution in [2.75, 3.05) is 23.7 Å². The Morgan fingerprint density at radius 1 is 0.964 bits per heavy atom. The lowest BCUT2D eigenvalue weighted by atomic mass is 9.91. The number of carbonyl (C=O) groups excluding carboxylic acids is 2. The van der Waals surface area contributed by atoms with Gasteiger partial charge in [0.25, 0.3) is 5.91 Å². The maximum absolute atomic E-state index is 12.7. The molecule has 0 aromatic heterocycles. The molecule has 1 heterocycles. The average Bonchev–Trinajstić information content (AvgIpc) is 3.39. The Labute approximate surface area is 171 Å². The molecule has 2 aromatic rings. The molecule has 1 unspecified atom stereocenters. The fraction of sp³-hybridized carbons (Fsp3) is 0.364. The minimum absolute atomic E-state index is 0. The summed E-state index contributed by atoms with van der Waals surface area (Å²) in [6, 6.07) is 14.7. The molecule has 2 aliphatic rings. The zero-order chi connectivity index (χ0) is 18.9. The first-order chi connectivity index (χ1) is 13.1. The van der Waals surface area contributed by atoms with Crippen LogP contribution in [-0.2, 0) is 4.79 Å². The SMILES string of the molecule is Cc1c(NC(=O)c2ccccc2)cccc1NC(=O)C1CC12CCNCC2.Cl. The molecule has 1 saturated heterocycles. The van der Waals surface area contributed by atoms with Gasteiger partial charge >= 0.3 is 0 Å². The van der Waals surface area contributed by atoms with Crippen LogP contribution in [0.25, 0.3) is 0 Å². The zero-order valence-corrected chi connectivity index (χ0v) is 16.8. The van der Waals surface area contributed by atoms with Crippen molar-refractivity contribution in [3.63, 3.8) is 0 Å². The minimum atomic E-state index is -0.155. The van der Waals surface area contributed by atoms with Crippen LogP contribution >= 0.6 is 12.4 Å². The van der Waals surface area contributed by atoms with Gasteiger partial charge in [-0.25, -0.2) is 0 Å². The van der Waals surface area contributed by atoms with Gasteiger partial charge in [-0.2, -0.15) is 0 Å². The Balaban J connectivity index is 0.00000225. The van der Waals surface area contributed by atoms with Crippen LogP contribution in [0.5, 0.6) is 0 Å². The molecule has 2 aromatic carbocycles.